The second-order valence-corrected chi connectivity index (χ2v) is 2.35. The number of alkyl halides is 1. The van der Waals surface area contributed by atoms with Crippen LogP contribution in [-0.4, -0.2) is 16.3 Å². The van der Waals surface area contributed by atoms with Crippen molar-refractivity contribution in [3.8, 4) is 5.75 Å². The molecule has 0 bridgehead atoms. The molecule has 0 aliphatic carbocycles. The number of hydrogen-bond acceptors (Lipinski definition) is 3. The van der Waals surface area contributed by atoms with Crippen LogP contribution >= 0.6 is 32.9 Å². The Labute approximate surface area is 89.0 Å². The van der Waals surface area contributed by atoms with Crippen molar-refractivity contribution in [3.63, 3.8) is 0 Å². The molecule has 0 fully saturated rings. The molecule has 0 aliphatic rings. The lowest BCUT2D eigenvalue weighted by Crippen LogP contribution is -2.08. The number of ether oxygens (including phenoxy) is 1. The van der Waals surface area contributed by atoms with Crippen LogP contribution in [0.15, 0.2) is 24.5 Å². The third kappa shape index (κ3) is 3.82. The molecule has 0 amide bonds. The predicted octanol–water partition coefficient (Wildman–Crippen LogP) is 1.96. The highest BCUT2D eigenvalue weighted by molar-refractivity contribution is 9.09. The molecule has 66 valence electrons. The van der Waals surface area contributed by atoms with Crippen LogP contribution in [0.25, 0.3) is 0 Å². The highest BCUT2D eigenvalue weighted by atomic mass is 79.9. The van der Waals surface area contributed by atoms with Crippen molar-refractivity contribution in [2.45, 2.75) is 0 Å². The zero-order valence-corrected chi connectivity index (χ0v) is 9.37. The number of nitrogens with zero attached hydrogens (tertiary/aromatic N) is 1. The summed E-state index contributed by atoms with van der Waals surface area (Å²) in [7, 11) is 0. The maximum absolute atomic E-state index is 10.7. The summed E-state index contributed by atoms with van der Waals surface area (Å²) in [6, 6.07) is 3.25. The van der Waals surface area contributed by atoms with Crippen LogP contribution < -0.4 is 4.74 Å². The first-order chi connectivity index (χ1) is 5.33. The molecule has 0 N–H and O–H groups in total. The largest absolute Gasteiger partial charge is 0.426 e. The molecule has 0 aromatic carbocycles. The summed E-state index contributed by atoms with van der Waals surface area (Å²) in [4.78, 5) is 14.5. The van der Waals surface area contributed by atoms with Crippen molar-refractivity contribution >= 4 is 38.9 Å². The third-order valence-electron chi connectivity index (χ3n) is 0.991. The van der Waals surface area contributed by atoms with E-state index in [1.165, 1.54) is 0 Å². The van der Waals surface area contributed by atoms with E-state index in [2.05, 4.69) is 20.9 Å². The predicted molar refractivity (Wildman–Crippen MR) is 54.0 cm³/mol. The minimum Gasteiger partial charge on any atom is -0.426 e. The number of halogens is 2. The number of carbonyl (C=O) groups excluding carboxylic acids is 1. The second kappa shape index (κ2) is 6.14. The van der Waals surface area contributed by atoms with Crippen molar-refractivity contribution in [2.24, 2.45) is 0 Å². The van der Waals surface area contributed by atoms with Gasteiger partial charge >= 0.3 is 5.97 Å². The van der Waals surface area contributed by atoms with Gasteiger partial charge in [0.25, 0.3) is 0 Å². The van der Waals surface area contributed by atoms with E-state index < -0.39 is 0 Å². The lowest BCUT2D eigenvalue weighted by atomic mass is 10.4. The molecule has 3 nitrogen and oxygen atoms in total. The number of pyridine rings is 1. The maximum atomic E-state index is 10.7. The summed E-state index contributed by atoms with van der Waals surface area (Å²) in [5.74, 6) is 0.209. The van der Waals surface area contributed by atoms with E-state index in [1.54, 1.807) is 24.5 Å². The molecule has 0 aliphatic heterocycles. The fourth-order valence-corrected chi connectivity index (χ4v) is 0.679. The van der Waals surface area contributed by atoms with Crippen molar-refractivity contribution < 1.29 is 9.53 Å². The Morgan fingerprint density at radius 3 is 2.58 bits per heavy atom. The molecule has 0 saturated carbocycles. The molecule has 1 aromatic rings. The summed E-state index contributed by atoms with van der Waals surface area (Å²) in [6.07, 6.45) is 3.13. The van der Waals surface area contributed by atoms with Crippen LogP contribution in [-0.2, 0) is 4.79 Å². The van der Waals surface area contributed by atoms with Gasteiger partial charge in [0.15, 0.2) is 0 Å². The van der Waals surface area contributed by atoms with Crippen molar-refractivity contribution in [1.82, 2.24) is 4.98 Å². The summed E-state index contributed by atoms with van der Waals surface area (Å²) in [5.41, 5.74) is 0. The monoisotopic (exact) mass is 295 g/mol. The van der Waals surface area contributed by atoms with Gasteiger partial charge in [-0.25, -0.2) is 0 Å². The summed E-state index contributed by atoms with van der Waals surface area (Å²) >= 11 is 2.98. The van der Waals surface area contributed by atoms with Gasteiger partial charge < -0.3 is 4.74 Å². The van der Waals surface area contributed by atoms with Gasteiger partial charge in [0.2, 0.25) is 0 Å². The van der Waals surface area contributed by atoms with Gasteiger partial charge in [-0.05, 0) is 12.1 Å². The Kier molecular flexibility index (Phi) is 5.92. The molecule has 0 saturated heterocycles. The molecule has 5 heteroatoms. The molecular formula is C7H7Br2NO2. The minimum absolute atomic E-state index is 0. The fourth-order valence-electron chi connectivity index (χ4n) is 0.565. The van der Waals surface area contributed by atoms with Gasteiger partial charge in [-0.1, -0.05) is 15.9 Å². The summed E-state index contributed by atoms with van der Waals surface area (Å²) in [5, 5.41) is 0.204. The van der Waals surface area contributed by atoms with E-state index in [0.29, 0.717) is 5.75 Å². The van der Waals surface area contributed by atoms with E-state index in [4.69, 9.17) is 4.74 Å². The minimum atomic E-state index is -0.309. The number of carbonyl (C=O) groups is 1. The lowest BCUT2D eigenvalue weighted by Gasteiger charge is -1.98. The number of hydrogen-bond donors (Lipinski definition) is 0. The van der Waals surface area contributed by atoms with Crippen LogP contribution in [0.4, 0.5) is 0 Å². The van der Waals surface area contributed by atoms with E-state index in [-0.39, 0.29) is 28.3 Å². The maximum Gasteiger partial charge on any atom is 0.321 e. The normalized spacial score (nSPS) is 8.42. The topological polar surface area (TPSA) is 39.2 Å². The Morgan fingerprint density at radius 1 is 1.50 bits per heavy atom. The van der Waals surface area contributed by atoms with Gasteiger partial charge in [-0.2, -0.15) is 0 Å². The van der Waals surface area contributed by atoms with E-state index in [1.807, 2.05) is 0 Å². The van der Waals surface area contributed by atoms with Crippen LogP contribution in [0, 0.1) is 0 Å². The second-order valence-electron chi connectivity index (χ2n) is 1.79. The Bertz CT molecular complexity index is 240. The van der Waals surface area contributed by atoms with E-state index in [9.17, 15) is 4.79 Å². The Morgan fingerprint density at radius 2 is 2.08 bits per heavy atom. The Hall–Kier alpha value is -0.420. The average molecular weight is 297 g/mol. The van der Waals surface area contributed by atoms with Crippen molar-refractivity contribution in [1.29, 1.82) is 0 Å². The van der Waals surface area contributed by atoms with E-state index in [0.717, 1.165) is 0 Å². The number of rotatable bonds is 2. The zero-order chi connectivity index (χ0) is 8.10. The van der Waals surface area contributed by atoms with Gasteiger partial charge in [-0.3, -0.25) is 9.78 Å². The van der Waals surface area contributed by atoms with Crippen LogP contribution in [0.3, 0.4) is 0 Å². The molecule has 1 heterocycles. The molecule has 0 atom stereocenters. The molecule has 12 heavy (non-hydrogen) atoms. The Balaban J connectivity index is 0.00000121. The van der Waals surface area contributed by atoms with Crippen molar-refractivity contribution in [3.05, 3.63) is 24.5 Å². The van der Waals surface area contributed by atoms with Gasteiger partial charge in [0.1, 0.15) is 11.1 Å². The molecule has 0 unspecified atom stereocenters. The first-order valence-corrected chi connectivity index (χ1v) is 4.12. The molecule has 0 radical (unpaired) electrons. The smallest absolute Gasteiger partial charge is 0.321 e. The molecule has 1 aromatic heterocycles. The molecular weight excluding hydrogens is 290 g/mol. The highest BCUT2D eigenvalue weighted by Crippen LogP contribution is 2.06. The quantitative estimate of drug-likeness (QED) is 0.619. The first kappa shape index (κ1) is 11.6. The molecule has 1 rings (SSSR count). The summed E-state index contributed by atoms with van der Waals surface area (Å²) < 4.78 is 4.84. The average Bonchev–Trinajstić information content (AvgIpc) is 2.06. The van der Waals surface area contributed by atoms with Crippen molar-refractivity contribution in [2.75, 3.05) is 5.33 Å². The third-order valence-corrected chi connectivity index (χ3v) is 1.45. The number of esters is 1. The van der Waals surface area contributed by atoms with Gasteiger partial charge in [0, 0.05) is 12.4 Å². The zero-order valence-electron chi connectivity index (χ0n) is 6.07. The van der Waals surface area contributed by atoms with Crippen LogP contribution in [0.1, 0.15) is 0 Å². The van der Waals surface area contributed by atoms with Crippen LogP contribution in [0.2, 0.25) is 0 Å². The van der Waals surface area contributed by atoms with Gasteiger partial charge in [0.05, 0.1) is 0 Å². The van der Waals surface area contributed by atoms with E-state index >= 15 is 0 Å². The molecule has 0 spiro atoms. The highest BCUT2D eigenvalue weighted by Gasteiger charge is 1.99. The fraction of sp³-hybridized carbons (Fsp3) is 0.143. The first-order valence-electron chi connectivity index (χ1n) is 2.99. The summed E-state index contributed by atoms with van der Waals surface area (Å²) in [6.45, 7) is 0. The number of aromatic nitrogens is 1. The van der Waals surface area contributed by atoms with Gasteiger partial charge in [-0.15, -0.1) is 17.0 Å². The standard InChI is InChI=1S/C7H6BrNO2.BrH/c8-5-7(10)11-6-1-3-9-4-2-6;/h1-4H,5H2;1H. The lowest BCUT2D eigenvalue weighted by molar-refractivity contribution is -0.131. The SMILES string of the molecule is Br.O=C(CBr)Oc1ccncc1. The van der Waals surface area contributed by atoms with Crippen LogP contribution in [0.5, 0.6) is 5.75 Å².